The fourth-order valence-corrected chi connectivity index (χ4v) is 2.39. The van der Waals surface area contributed by atoms with Gasteiger partial charge < -0.3 is 15.5 Å². The number of aryl methyl sites for hydroxylation is 2. The molecular weight excluding hydrogens is 238 g/mol. The maximum Gasteiger partial charge on any atom is 0.131 e. The van der Waals surface area contributed by atoms with Gasteiger partial charge in [0.15, 0.2) is 0 Å². The average Bonchev–Trinajstić information content (AvgIpc) is 2.82. The van der Waals surface area contributed by atoms with E-state index in [4.69, 9.17) is 10.5 Å². The fraction of sp³-hybridized carbons (Fsp3) is 0.400. The highest BCUT2D eigenvalue weighted by molar-refractivity contribution is 5.73. The molecule has 0 saturated heterocycles. The Morgan fingerprint density at radius 3 is 2.63 bits per heavy atom. The number of methoxy groups -OCH3 is 1. The summed E-state index contributed by atoms with van der Waals surface area (Å²) in [6, 6.07) is 2.18. The van der Waals surface area contributed by atoms with Gasteiger partial charge in [0.1, 0.15) is 11.6 Å². The second-order valence-electron chi connectivity index (χ2n) is 4.83. The maximum absolute atomic E-state index is 5.59. The van der Waals surface area contributed by atoms with Crippen molar-refractivity contribution in [2.24, 2.45) is 5.73 Å². The lowest BCUT2D eigenvalue weighted by Gasteiger charge is -2.15. The van der Waals surface area contributed by atoms with Crippen molar-refractivity contribution in [1.29, 1.82) is 0 Å². The molecule has 0 amide bonds. The smallest absolute Gasteiger partial charge is 0.131 e. The van der Waals surface area contributed by atoms with Crippen LogP contribution >= 0.6 is 0 Å². The molecule has 2 aromatic rings. The number of nitrogens with zero attached hydrogens (tertiary/aromatic N) is 1. The quantitative estimate of drug-likeness (QED) is 0.886. The van der Waals surface area contributed by atoms with E-state index in [9.17, 15) is 0 Å². The van der Waals surface area contributed by atoms with Gasteiger partial charge in [-0.25, -0.2) is 4.98 Å². The molecule has 0 aliphatic carbocycles. The summed E-state index contributed by atoms with van der Waals surface area (Å²) in [5, 5.41) is 0. The number of imidazole rings is 1. The predicted molar refractivity (Wildman–Crippen MR) is 77.5 cm³/mol. The lowest BCUT2D eigenvalue weighted by molar-refractivity contribution is 0.412. The zero-order valence-electron chi connectivity index (χ0n) is 12.0. The summed E-state index contributed by atoms with van der Waals surface area (Å²) < 4.78 is 5.59. The summed E-state index contributed by atoms with van der Waals surface area (Å²) in [7, 11) is 1.71. The Hall–Kier alpha value is -1.81. The summed E-state index contributed by atoms with van der Waals surface area (Å²) in [6.07, 6.45) is 2.61. The van der Waals surface area contributed by atoms with Crippen LogP contribution in [0.1, 0.15) is 22.5 Å². The topological polar surface area (TPSA) is 63.9 Å². The molecule has 19 heavy (non-hydrogen) atoms. The van der Waals surface area contributed by atoms with E-state index >= 15 is 0 Å². The first-order valence-corrected chi connectivity index (χ1v) is 6.47. The van der Waals surface area contributed by atoms with Crippen LogP contribution in [0.2, 0.25) is 0 Å². The van der Waals surface area contributed by atoms with Gasteiger partial charge in [-0.15, -0.1) is 0 Å². The van der Waals surface area contributed by atoms with Crippen molar-refractivity contribution in [1.82, 2.24) is 9.97 Å². The Kier molecular flexibility index (Phi) is 3.90. The number of rotatable bonds is 4. The van der Waals surface area contributed by atoms with Crippen molar-refractivity contribution in [3.8, 4) is 17.0 Å². The molecule has 1 heterocycles. The largest absolute Gasteiger partial charge is 0.496 e. The lowest BCUT2D eigenvalue weighted by Crippen LogP contribution is -2.04. The summed E-state index contributed by atoms with van der Waals surface area (Å²) in [6.45, 7) is 6.86. The highest BCUT2D eigenvalue weighted by Crippen LogP contribution is 2.36. The Balaban J connectivity index is 2.57. The lowest BCUT2D eigenvalue weighted by atomic mass is 9.97. The SMILES string of the molecule is COc1c(C)c(C)cc(C)c1-c1cnc(CCN)[nH]1. The van der Waals surface area contributed by atoms with Gasteiger partial charge >= 0.3 is 0 Å². The van der Waals surface area contributed by atoms with Gasteiger partial charge in [0, 0.05) is 12.0 Å². The van der Waals surface area contributed by atoms with Crippen molar-refractivity contribution in [2.75, 3.05) is 13.7 Å². The molecule has 0 radical (unpaired) electrons. The zero-order valence-corrected chi connectivity index (χ0v) is 12.0. The molecule has 4 nitrogen and oxygen atoms in total. The molecule has 2 rings (SSSR count). The van der Waals surface area contributed by atoms with Crippen molar-refractivity contribution < 1.29 is 4.74 Å². The van der Waals surface area contributed by atoms with E-state index in [0.717, 1.165) is 34.8 Å². The number of hydrogen-bond acceptors (Lipinski definition) is 3. The van der Waals surface area contributed by atoms with Crippen LogP contribution in [0.3, 0.4) is 0 Å². The highest BCUT2D eigenvalue weighted by Gasteiger charge is 2.15. The molecule has 0 aliphatic rings. The first-order valence-electron chi connectivity index (χ1n) is 6.47. The second kappa shape index (κ2) is 5.45. The Labute approximate surface area is 114 Å². The number of aromatic amines is 1. The van der Waals surface area contributed by atoms with Gasteiger partial charge in [0.2, 0.25) is 0 Å². The monoisotopic (exact) mass is 259 g/mol. The molecule has 0 spiro atoms. The maximum atomic E-state index is 5.59. The van der Waals surface area contributed by atoms with Crippen molar-refractivity contribution in [3.05, 3.63) is 34.8 Å². The van der Waals surface area contributed by atoms with Crippen molar-refractivity contribution in [2.45, 2.75) is 27.2 Å². The molecule has 0 aliphatic heterocycles. The molecule has 0 atom stereocenters. The third-order valence-corrected chi connectivity index (χ3v) is 3.47. The number of hydrogen-bond donors (Lipinski definition) is 2. The minimum absolute atomic E-state index is 0.593. The third kappa shape index (κ3) is 2.49. The molecule has 3 N–H and O–H groups in total. The third-order valence-electron chi connectivity index (χ3n) is 3.47. The number of nitrogens with two attached hydrogens (primary N) is 1. The standard InChI is InChI=1S/C15H21N3O/c1-9-7-10(2)14(15(19-4)11(9)3)12-8-17-13(18-12)5-6-16/h7-8H,5-6,16H2,1-4H3,(H,17,18). The van der Waals surface area contributed by atoms with Gasteiger partial charge in [0.05, 0.1) is 19.0 Å². The molecule has 1 aromatic carbocycles. The predicted octanol–water partition coefficient (Wildman–Crippen LogP) is 2.51. The van der Waals surface area contributed by atoms with Gasteiger partial charge in [-0.3, -0.25) is 0 Å². The minimum Gasteiger partial charge on any atom is -0.496 e. The average molecular weight is 259 g/mol. The van der Waals surface area contributed by atoms with E-state index in [1.165, 1.54) is 11.1 Å². The second-order valence-corrected chi connectivity index (χ2v) is 4.83. The summed E-state index contributed by atoms with van der Waals surface area (Å²) >= 11 is 0. The Bertz CT molecular complexity index is 587. The van der Waals surface area contributed by atoms with Crippen LogP contribution in [0.25, 0.3) is 11.3 Å². The Morgan fingerprint density at radius 1 is 1.26 bits per heavy atom. The number of benzene rings is 1. The van der Waals surface area contributed by atoms with E-state index in [1.54, 1.807) is 7.11 Å². The molecule has 0 fully saturated rings. The van der Waals surface area contributed by atoms with Crippen LogP contribution in [0.15, 0.2) is 12.3 Å². The number of ether oxygens (including phenoxy) is 1. The number of H-pyrrole nitrogens is 1. The van der Waals surface area contributed by atoms with Crippen LogP contribution in [-0.4, -0.2) is 23.6 Å². The van der Waals surface area contributed by atoms with E-state index in [2.05, 4.69) is 36.8 Å². The highest BCUT2D eigenvalue weighted by atomic mass is 16.5. The van der Waals surface area contributed by atoms with Crippen molar-refractivity contribution >= 4 is 0 Å². The molecule has 102 valence electrons. The van der Waals surface area contributed by atoms with Crippen LogP contribution in [-0.2, 0) is 6.42 Å². The zero-order chi connectivity index (χ0) is 14.0. The van der Waals surface area contributed by atoms with Crippen molar-refractivity contribution in [3.63, 3.8) is 0 Å². The van der Waals surface area contributed by atoms with Crippen LogP contribution in [0.4, 0.5) is 0 Å². The molecule has 0 unspecified atom stereocenters. The van der Waals surface area contributed by atoms with Gasteiger partial charge in [-0.05, 0) is 44.0 Å². The summed E-state index contributed by atoms with van der Waals surface area (Å²) in [5.74, 6) is 1.83. The normalized spacial score (nSPS) is 10.8. The summed E-state index contributed by atoms with van der Waals surface area (Å²) in [4.78, 5) is 7.68. The fourth-order valence-electron chi connectivity index (χ4n) is 2.39. The van der Waals surface area contributed by atoms with Gasteiger partial charge in [-0.1, -0.05) is 6.07 Å². The van der Waals surface area contributed by atoms with E-state index in [1.807, 2.05) is 6.20 Å². The van der Waals surface area contributed by atoms with Gasteiger partial charge in [-0.2, -0.15) is 0 Å². The summed E-state index contributed by atoms with van der Waals surface area (Å²) in [5.41, 5.74) is 11.2. The molecule has 0 saturated carbocycles. The van der Waals surface area contributed by atoms with Crippen LogP contribution in [0.5, 0.6) is 5.75 Å². The first kappa shape index (κ1) is 13.6. The molecule has 1 aromatic heterocycles. The van der Waals surface area contributed by atoms with Crippen LogP contribution < -0.4 is 10.5 Å². The Morgan fingerprint density at radius 2 is 2.00 bits per heavy atom. The van der Waals surface area contributed by atoms with E-state index in [-0.39, 0.29) is 0 Å². The van der Waals surface area contributed by atoms with Gasteiger partial charge in [0.25, 0.3) is 0 Å². The number of nitrogens with one attached hydrogen (secondary N) is 1. The van der Waals surface area contributed by atoms with Crippen LogP contribution in [0, 0.1) is 20.8 Å². The molecule has 4 heteroatoms. The molecule has 0 bridgehead atoms. The minimum atomic E-state index is 0.593. The first-order chi connectivity index (χ1) is 9.08. The van der Waals surface area contributed by atoms with E-state index < -0.39 is 0 Å². The van der Waals surface area contributed by atoms with E-state index in [0.29, 0.717) is 6.54 Å². The number of aromatic nitrogens is 2. The molecular formula is C15H21N3O.